The van der Waals surface area contributed by atoms with E-state index >= 15 is 0 Å². The molecular weight excluding hydrogens is 380 g/mol. The van der Waals surface area contributed by atoms with E-state index in [9.17, 15) is 14.4 Å². The number of hydrogen-bond acceptors (Lipinski definition) is 5. The second-order valence-electron chi connectivity index (χ2n) is 8.07. The average Bonchev–Trinajstić information content (AvgIpc) is 2.94. The number of amides is 3. The fourth-order valence-electron chi connectivity index (χ4n) is 4.70. The van der Waals surface area contributed by atoms with Crippen LogP contribution in [0.5, 0.6) is 0 Å². The van der Waals surface area contributed by atoms with E-state index in [1.54, 1.807) is 4.90 Å². The molecule has 3 amide bonds. The molecule has 0 spiro atoms. The van der Waals surface area contributed by atoms with E-state index in [0.29, 0.717) is 25.1 Å². The fraction of sp³-hybridized carbons (Fsp3) is 0.348. The highest BCUT2D eigenvalue weighted by atomic mass is 16.2. The van der Waals surface area contributed by atoms with Crippen molar-refractivity contribution in [1.82, 2.24) is 10.2 Å². The van der Waals surface area contributed by atoms with E-state index in [0.717, 1.165) is 42.0 Å². The summed E-state index contributed by atoms with van der Waals surface area (Å²) in [5.74, 6) is -0.757. The molecule has 0 aliphatic carbocycles. The van der Waals surface area contributed by atoms with Crippen LogP contribution in [0.4, 0.5) is 11.4 Å². The molecule has 1 unspecified atom stereocenters. The quantitative estimate of drug-likeness (QED) is 0.767. The standard InChI is InChI=1S/C23H24N4O3/c28-20-10-9-19(22(29)25-20)27-14-16-6-3-5-15(21(16)23(27)30)13-26-12-4-11-24-17-7-1-2-8-18(17)26/h1-3,5-8,19,24H,4,9-14H2,(H,25,28,29). The lowest BCUT2D eigenvalue weighted by molar-refractivity contribution is -0.136. The zero-order chi connectivity index (χ0) is 20.7. The Bertz CT molecular complexity index is 1030. The third-order valence-electron chi connectivity index (χ3n) is 6.16. The number of nitrogens with zero attached hydrogens (tertiary/aromatic N) is 2. The van der Waals surface area contributed by atoms with Crippen molar-refractivity contribution in [3.63, 3.8) is 0 Å². The van der Waals surface area contributed by atoms with Gasteiger partial charge in [0.2, 0.25) is 11.8 Å². The number of carbonyl (C=O) groups is 3. The first-order chi connectivity index (χ1) is 14.6. The summed E-state index contributed by atoms with van der Waals surface area (Å²) >= 11 is 0. The van der Waals surface area contributed by atoms with Crippen molar-refractivity contribution in [3.05, 3.63) is 59.2 Å². The zero-order valence-corrected chi connectivity index (χ0v) is 16.7. The Labute approximate surface area is 175 Å². The van der Waals surface area contributed by atoms with Crippen LogP contribution in [0.25, 0.3) is 0 Å². The van der Waals surface area contributed by atoms with Gasteiger partial charge in [-0.3, -0.25) is 19.7 Å². The van der Waals surface area contributed by atoms with Gasteiger partial charge in [-0.2, -0.15) is 0 Å². The van der Waals surface area contributed by atoms with Gasteiger partial charge in [-0.25, -0.2) is 0 Å². The van der Waals surface area contributed by atoms with Crippen LogP contribution >= 0.6 is 0 Å². The second-order valence-corrected chi connectivity index (χ2v) is 8.07. The first-order valence-corrected chi connectivity index (χ1v) is 10.4. The molecule has 3 aliphatic rings. The lowest BCUT2D eigenvalue weighted by Gasteiger charge is -2.29. The van der Waals surface area contributed by atoms with E-state index in [1.807, 2.05) is 30.3 Å². The van der Waals surface area contributed by atoms with Gasteiger partial charge in [0.25, 0.3) is 5.91 Å². The van der Waals surface area contributed by atoms with Crippen molar-refractivity contribution in [2.24, 2.45) is 0 Å². The lowest BCUT2D eigenvalue weighted by atomic mass is 10.0. The molecule has 154 valence electrons. The predicted octanol–water partition coefficient (Wildman–Crippen LogP) is 2.27. The van der Waals surface area contributed by atoms with Crippen molar-refractivity contribution < 1.29 is 14.4 Å². The Hall–Kier alpha value is -3.35. The smallest absolute Gasteiger partial charge is 0.255 e. The first-order valence-electron chi connectivity index (χ1n) is 10.4. The lowest BCUT2D eigenvalue weighted by Crippen LogP contribution is -2.52. The number of benzene rings is 2. The summed E-state index contributed by atoms with van der Waals surface area (Å²) < 4.78 is 0. The summed E-state index contributed by atoms with van der Waals surface area (Å²) in [6.45, 7) is 2.87. The molecule has 5 rings (SSSR count). The molecule has 30 heavy (non-hydrogen) atoms. The number of fused-ring (bicyclic) bond motifs is 2. The average molecular weight is 404 g/mol. The number of imide groups is 1. The van der Waals surface area contributed by atoms with Crippen LogP contribution in [0.3, 0.4) is 0 Å². The molecule has 1 atom stereocenters. The third-order valence-corrected chi connectivity index (χ3v) is 6.16. The summed E-state index contributed by atoms with van der Waals surface area (Å²) in [6.07, 6.45) is 1.66. The molecule has 0 aromatic heterocycles. The molecule has 1 fully saturated rings. The maximum atomic E-state index is 13.3. The number of carbonyl (C=O) groups excluding carboxylic acids is 3. The number of nitrogens with one attached hydrogen (secondary N) is 2. The molecule has 3 heterocycles. The summed E-state index contributed by atoms with van der Waals surface area (Å²) in [5, 5.41) is 5.84. The summed E-state index contributed by atoms with van der Waals surface area (Å²) in [4.78, 5) is 41.1. The van der Waals surface area contributed by atoms with Crippen molar-refractivity contribution in [1.29, 1.82) is 0 Å². The van der Waals surface area contributed by atoms with E-state index in [4.69, 9.17) is 0 Å². The SMILES string of the molecule is O=C1CCC(N2Cc3cccc(CN4CCCNc5ccccc54)c3C2=O)C(=O)N1. The summed E-state index contributed by atoms with van der Waals surface area (Å²) in [7, 11) is 0. The first kappa shape index (κ1) is 18.7. The fourth-order valence-corrected chi connectivity index (χ4v) is 4.70. The summed E-state index contributed by atoms with van der Waals surface area (Å²) in [5.41, 5.74) is 4.88. The van der Waals surface area contributed by atoms with Gasteiger partial charge in [0.05, 0.1) is 11.4 Å². The predicted molar refractivity (Wildman–Crippen MR) is 113 cm³/mol. The molecule has 3 aliphatic heterocycles. The Morgan fingerprint density at radius 2 is 1.90 bits per heavy atom. The normalized spacial score (nSPS) is 20.9. The van der Waals surface area contributed by atoms with Gasteiger partial charge >= 0.3 is 0 Å². The topological polar surface area (TPSA) is 81.8 Å². The minimum Gasteiger partial charge on any atom is -0.383 e. The van der Waals surface area contributed by atoms with Crippen LogP contribution in [-0.2, 0) is 22.7 Å². The molecule has 0 radical (unpaired) electrons. The van der Waals surface area contributed by atoms with E-state index in [1.165, 1.54) is 0 Å². The van der Waals surface area contributed by atoms with Gasteiger partial charge in [-0.15, -0.1) is 0 Å². The van der Waals surface area contributed by atoms with Gasteiger partial charge < -0.3 is 15.1 Å². The van der Waals surface area contributed by atoms with Crippen LogP contribution < -0.4 is 15.5 Å². The summed E-state index contributed by atoms with van der Waals surface area (Å²) in [6, 6.07) is 13.6. The molecule has 7 heteroatoms. The van der Waals surface area contributed by atoms with Gasteiger partial charge in [0, 0.05) is 38.2 Å². The van der Waals surface area contributed by atoms with E-state index in [-0.39, 0.29) is 24.1 Å². The third kappa shape index (κ3) is 3.20. The minimum absolute atomic E-state index is 0.115. The van der Waals surface area contributed by atoms with Crippen LogP contribution in [0.15, 0.2) is 42.5 Å². The maximum absolute atomic E-state index is 13.3. The second kappa shape index (κ2) is 7.48. The number of hydrogen-bond donors (Lipinski definition) is 2. The Morgan fingerprint density at radius 3 is 2.77 bits per heavy atom. The molecular formula is C23H24N4O3. The minimum atomic E-state index is -0.585. The number of piperidine rings is 1. The highest BCUT2D eigenvalue weighted by Crippen LogP contribution is 2.33. The molecule has 2 aromatic carbocycles. The van der Waals surface area contributed by atoms with Crippen LogP contribution in [-0.4, -0.2) is 41.8 Å². The maximum Gasteiger partial charge on any atom is 0.255 e. The highest BCUT2D eigenvalue weighted by Gasteiger charge is 2.40. The van der Waals surface area contributed by atoms with Crippen molar-refractivity contribution >= 4 is 29.1 Å². The molecule has 0 saturated carbocycles. The molecule has 1 saturated heterocycles. The zero-order valence-electron chi connectivity index (χ0n) is 16.7. The van der Waals surface area contributed by atoms with Gasteiger partial charge in [-0.1, -0.05) is 30.3 Å². The Morgan fingerprint density at radius 1 is 1.03 bits per heavy atom. The molecule has 7 nitrogen and oxygen atoms in total. The Balaban J connectivity index is 1.43. The number of anilines is 2. The van der Waals surface area contributed by atoms with Crippen LogP contribution in [0.1, 0.15) is 40.7 Å². The highest BCUT2D eigenvalue weighted by molar-refractivity contribution is 6.06. The molecule has 2 aromatic rings. The monoisotopic (exact) mass is 404 g/mol. The van der Waals surface area contributed by atoms with Crippen molar-refractivity contribution in [2.45, 2.75) is 38.4 Å². The van der Waals surface area contributed by atoms with Gasteiger partial charge in [0.15, 0.2) is 0 Å². The largest absolute Gasteiger partial charge is 0.383 e. The number of para-hydroxylation sites is 2. The number of rotatable bonds is 3. The van der Waals surface area contributed by atoms with Crippen LogP contribution in [0.2, 0.25) is 0 Å². The Kier molecular flexibility index (Phi) is 4.65. The van der Waals surface area contributed by atoms with Crippen molar-refractivity contribution in [3.8, 4) is 0 Å². The van der Waals surface area contributed by atoms with E-state index in [2.05, 4.69) is 27.7 Å². The molecule has 2 N–H and O–H groups in total. The van der Waals surface area contributed by atoms with Gasteiger partial charge in [-0.05, 0) is 36.1 Å². The molecule has 0 bridgehead atoms. The van der Waals surface area contributed by atoms with Crippen molar-refractivity contribution in [2.75, 3.05) is 23.3 Å². The van der Waals surface area contributed by atoms with Gasteiger partial charge in [0.1, 0.15) is 6.04 Å². The van der Waals surface area contributed by atoms with Crippen LogP contribution in [0, 0.1) is 0 Å². The van der Waals surface area contributed by atoms with E-state index < -0.39 is 6.04 Å².